The maximum atomic E-state index is 4.21. The molecule has 0 fully saturated rings. The Balaban J connectivity index is 1.72. The van der Waals surface area contributed by atoms with Gasteiger partial charge in [-0.25, -0.2) is 4.68 Å². The molecule has 0 radical (unpaired) electrons. The van der Waals surface area contributed by atoms with E-state index in [1.165, 1.54) is 5.56 Å². The molecule has 0 saturated heterocycles. The zero-order valence-corrected chi connectivity index (χ0v) is 11.6. The van der Waals surface area contributed by atoms with Gasteiger partial charge in [0.2, 0.25) is 0 Å². The Morgan fingerprint density at radius 1 is 1.15 bits per heavy atom. The molecule has 0 amide bonds. The molecule has 102 valence electrons. The molecule has 5 nitrogen and oxygen atoms in total. The van der Waals surface area contributed by atoms with Gasteiger partial charge < -0.3 is 5.32 Å². The Bertz CT molecular complexity index is 667. The first-order chi connectivity index (χ1) is 9.72. The highest BCUT2D eigenvalue weighted by Crippen LogP contribution is 2.19. The number of rotatable bonds is 4. The fourth-order valence-corrected chi connectivity index (χ4v) is 2.13. The van der Waals surface area contributed by atoms with Crippen molar-refractivity contribution in [1.29, 1.82) is 0 Å². The van der Waals surface area contributed by atoms with Crippen molar-refractivity contribution in [1.82, 2.24) is 19.6 Å². The van der Waals surface area contributed by atoms with Crippen LogP contribution >= 0.6 is 0 Å². The SMILES string of the molecule is CC(Nc1ccc(-n2cccn2)cc1)c1cnn(C)c1. The summed E-state index contributed by atoms with van der Waals surface area (Å²) in [4.78, 5) is 0. The lowest BCUT2D eigenvalue weighted by molar-refractivity contribution is 0.765. The molecule has 2 aromatic heterocycles. The molecular weight excluding hydrogens is 250 g/mol. The number of nitrogens with zero attached hydrogens (tertiary/aromatic N) is 4. The number of aryl methyl sites for hydroxylation is 1. The highest BCUT2D eigenvalue weighted by atomic mass is 15.3. The Morgan fingerprint density at radius 2 is 1.95 bits per heavy atom. The second-order valence-electron chi connectivity index (χ2n) is 4.81. The number of nitrogens with one attached hydrogen (secondary N) is 1. The van der Waals surface area contributed by atoms with E-state index in [0.717, 1.165) is 11.4 Å². The average Bonchev–Trinajstić information content (AvgIpc) is 3.10. The molecule has 1 atom stereocenters. The number of aromatic nitrogens is 4. The van der Waals surface area contributed by atoms with Crippen LogP contribution in [-0.2, 0) is 7.05 Å². The smallest absolute Gasteiger partial charge is 0.0647 e. The zero-order valence-electron chi connectivity index (χ0n) is 11.6. The predicted molar refractivity (Wildman–Crippen MR) is 78.8 cm³/mol. The first-order valence-corrected chi connectivity index (χ1v) is 6.57. The highest BCUT2D eigenvalue weighted by molar-refractivity contribution is 5.49. The standard InChI is InChI=1S/C15H17N5/c1-12(13-10-17-19(2)11-13)18-14-4-6-15(7-5-14)20-9-3-8-16-20/h3-12,18H,1-2H3. The van der Waals surface area contributed by atoms with Crippen molar-refractivity contribution >= 4 is 5.69 Å². The summed E-state index contributed by atoms with van der Waals surface area (Å²) in [6.07, 6.45) is 7.61. The van der Waals surface area contributed by atoms with Crippen molar-refractivity contribution in [3.8, 4) is 5.69 Å². The molecule has 0 aliphatic heterocycles. The van der Waals surface area contributed by atoms with E-state index in [0.29, 0.717) is 0 Å². The van der Waals surface area contributed by atoms with Crippen molar-refractivity contribution in [3.63, 3.8) is 0 Å². The number of benzene rings is 1. The zero-order chi connectivity index (χ0) is 13.9. The van der Waals surface area contributed by atoms with Gasteiger partial charge in [0.1, 0.15) is 0 Å². The molecule has 0 saturated carbocycles. The van der Waals surface area contributed by atoms with E-state index >= 15 is 0 Å². The van der Waals surface area contributed by atoms with E-state index < -0.39 is 0 Å². The second-order valence-corrected chi connectivity index (χ2v) is 4.81. The van der Waals surface area contributed by atoms with Crippen LogP contribution in [0.1, 0.15) is 18.5 Å². The minimum Gasteiger partial charge on any atom is -0.378 e. The molecule has 0 aliphatic carbocycles. The number of anilines is 1. The third-order valence-corrected chi connectivity index (χ3v) is 3.24. The summed E-state index contributed by atoms with van der Waals surface area (Å²) in [5.41, 5.74) is 3.30. The molecule has 1 N–H and O–H groups in total. The molecule has 5 heteroatoms. The van der Waals surface area contributed by atoms with Crippen molar-refractivity contribution in [2.45, 2.75) is 13.0 Å². The van der Waals surface area contributed by atoms with Gasteiger partial charge in [0.05, 0.1) is 17.9 Å². The van der Waals surface area contributed by atoms with E-state index in [-0.39, 0.29) is 6.04 Å². The molecule has 3 rings (SSSR count). The highest BCUT2D eigenvalue weighted by Gasteiger charge is 2.07. The number of hydrogen-bond donors (Lipinski definition) is 1. The first-order valence-electron chi connectivity index (χ1n) is 6.57. The third kappa shape index (κ3) is 2.56. The van der Waals surface area contributed by atoms with Crippen LogP contribution in [0.15, 0.2) is 55.1 Å². The maximum Gasteiger partial charge on any atom is 0.0647 e. The molecular formula is C15H17N5. The minimum absolute atomic E-state index is 0.222. The van der Waals surface area contributed by atoms with Crippen LogP contribution in [0.2, 0.25) is 0 Å². The van der Waals surface area contributed by atoms with Crippen molar-refractivity contribution in [2.24, 2.45) is 7.05 Å². The molecule has 20 heavy (non-hydrogen) atoms. The first kappa shape index (κ1) is 12.5. The van der Waals surface area contributed by atoms with Gasteiger partial charge in [-0.1, -0.05) is 0 Å². The van der Waals surface area contributed by atoms with Crippen LogP contribution in [0.3, 0.4) is 0 Å². The van der Waals surface area contributed by atoms with Gasteiger partial charge in [-0.05, 0) is 37.3 Å². The van der Waals surface area contributed by atoms with Gasteiger partial charge in [-0.2, -0.15) is 10.2 Å². The van der Waals surface area contributed by atoms with Gasteiger partial charge >= 0.3 is 0 Å². The lowest BCUT2D eigenvalue weighted by Gasteiger charge is -2.14. The fourth-order valence-electron chi connectivity index (χ4n) is 2.13. The largest absolute Gasteiger partial charge is 0.378 e. The summed E-state index contributed by atoms with van der Waals surface area (Å²) < 4.78 is 3.66. The van der Waals surface area contributed by atoms with Crippen LogP contribution in [0.5, 0.6) is 0 Å². The van der Waals surface area contributed by atoms with Crippen LogP contribution in [-0.4, -0.2) is 19.6 Å². The molecule has 1 unspecified atom stereocenters. The van der Waals surface area contributed by atoms with Gasteiger partial charge in [0, 0.05) is 36.9 Å². The van der Waals surface area contributed by atoms with E-state index in [4.69, 9.17) is 0 Å². The molecule has 2 heterocycles. The van der Waals surface area contributed by atoms with Crippen molar-refractivity contribution in [3.05, 3.63) is 60.7 Å². The quantitative estimate of drug-likeness (QED) is 0.790. The van der Waals surface area contributed by atoms with Crippen LogP contribution < -0.4 is 5.32 Å². The normalized spacial score (nSPS) is 12.3. The van der Waals surface area contributed by atoms with Gasteiger partial charge in [0.15, 0.2) is 0 Å². The topological polar surface area (TPSA) is 47.7 Å². The summed E-state index contributed by atoms with van der Waals surface area (Å²) in [6.45, 7) is 2.12. The molecule has 3 aromatic rings. The number of hydrogen-bond acceptors (Lipinski definition) is 3. The fraction of sp³-hybridized carbons (Fsp3) is 0.200. The summed E-state index contributed by atoms with van der Waals surface area (Å²) in [5.74, 6) is 0. The Morgan fingerprint density at radius 3 is 2.55 bits per heavy atom. The van der Waals surface area contributed by atoms with Crippen LogP contribution in [0, 0.1) is 0 Å². The van der Waals surface area contributed by atoms with Gasteiger partial charge in [-0.15, -0.1) is 0 Å². The predicted octanol–water partition coefficient (Wildman–Crippen LogP) is 2.78. The monoisotopic (exact) mass is 267 g/mol. The summed E-state index contributed by atoms with van der Waals surface area (Å²) >= 11 is 0. The maximum absolute atomic E-state index is 4.21. The Labute approximate surface area is 117 Å². The molecule has 0 spiro atoms. The summed E-state index contributed by atoms with van der Waals surface area (Å²) in [7, 11) is 1.93. The van der Waals surface area contributed by atoms with E-state index in [9.17, 15) is 0 Å². The minimum atomic E-state index is 0.222. The molecule has 0 aliphatic rings. The van der Waals surface area contributed by atoms with Gasteiger partial charge in [-0.3, -0.25) is 4.68 Å². The Hall–Kier alpha value is -2.56. The van der Waals surface area contributed by atoms with E-state index in [1.54, 1.807) is 6.20 Å². The average molecular weight is 267 g/mol. The van der Waals surface area contributed by atoms with E-state index in [1.807, 2.05) is 53.2 Å². The van der Waals surface area contributed by atoms with Crippen LogP contribution in [0.4, 0.5) is 5.69 Å². The Kier molecular flexibility index (Phi) is 3.25. The molecule has 0 bridgehead atoms. The van der Waals surface area contributed by atoms with Crippen LogP contribution in [0.25, 0.3) is 5.69 Å². The summed E-state index contributed by atoms with van der Waals surface area (Å²) in [5, 5.41) is 11.9. The lowest BCUT2D eigenvalue weighted by Crippen LogP contribution is -2.06. The van der Waals surface area contributed by atoms with Crippen molar-refractivity contribution in [2.75, 3.05) is 5.32 Å². The van der Waals surface area contributed by atoms with E-state index in [2.05, 4.69) is 34.6 Å². The second kappa shape index (κ2) is 5.21. The molecule has 1 aromatic carbocycles. The lowest BCUT2D eigenvalue weighted by atomic mass is 10.2. The summed E-state index contributed by atoms with van der Waals surface area (Å²) in [6, 6.07) is 10.3. The third-order valence-electron chi connectivity index (χ3n) is 3.24. The van der Waals surface area contributed by atoms with Gasteiger partial charge in [0.25, 0.3) is 0 Å². The van der Waals surface area contributed by atoms with Crippen molar-refractivity contribution < 1.29 is 0 Å².